The molecule has 2 aromatic heterocycles. The number of aromatic nitrogens is 3. The fourth-order valence-corrected chi connectivity index (χ4v) is 1.16. The van der Waals surface area contributed by atoms with Gasteiger partial charge in [-0.2, -0.15) is 4.98 Å². The van der Waals surface area contributed by atoms with Crippen LogP contribution < -0.4 is 10.5 Å². The number of aryl methyl sites for hydroxylation is 1. The van der Waals surface area contributed by atoms with Crippen LogP contribution in [0.25, 0.3) is 0 Å². The van der Waals surface area contributed by atoms with E-state index in [1.165, 1.54) is 0 Å². The number of ether oxygens (including phenoxy) is 1. The summed E-state index contributed by atoms with van der Waals surface area (Å²) in [5.41, 5.74) is 6.25. The van der Waals surface area contributed by atoms with Gasteiger partial charge in [0.2, 0.25) is 11.7 Å². The average molecular weight is 220 g/mol. The topological polar surface area (TPSA) is 87.1 Å². The number of rotatable bonds is 4. The molecule has 0 saturated heterocycles. The van der Waals surface area contributed by atoms with Crippen LogP contribution >= 0.6 is 0 Å². The van der Waals surface area contributed by atoms with E-state index in [1.807, 2.05) is 12.1 Å². The van der Waals surface area contributed by atoms with Gasteiger partial charge in [0.15, 0.2) is 6.61 Å². The normalized spacial score (nSPS) is 10.4. The molecule has 0 saturated carbocycles. The Kier molecular flexibility index (Phi) is 3.11. The molecule has 2 rings (SSSR count). The highest BCUT2D eigenvalue weighted by Crippen LogP contribution is 2.10. The zero-order valence-electron chi connectivity index (χ0n) is 8.88. The molecule has 0 aliphatic heterocycles. The molecule has 6 heteroatoms. The van der Waals surface area contributed by atoms with Crippen LogP contribution in [0.1, 0.15) is 17.4 Å². The zero-order chi connectivity index (χ0) is 11.4. The lowest BCUT2D eigenvalue weighted by Crippen LogP contribution is -2.01. The Morgan fingerprint density at radius 1 is 1.44 bits per heavy atom. The van der Waals surface area contributed by atoms with Crippen LogP contribution in [0.5, 0.6) is 5.75 Å². The number of hydrogen-bond acceptors (Lipinski definition) is 6. The van der Waals surface area contributed by atoms with E-state index in [2.05, 4.69) is 15.1 Å². The third-order valence-corrected chi connectivity index (χ3v) is 1.94. The molecule has 2 aromatic rings. The van der Waals surface area contributed by atoms with Crippen LogP contribution in [-0.4, -0.2) is 15.1 Å². The highest BCUT2D eigenvalue weighted by molar-refractivity contribution is 5.19. The van der Waals surface area contributed by atoms with Crippen LogP contribution in [-0.2, 0) is 13.2 Å². The van der Waals surface area contributed by atoms with Crippen molar-refractivity contribution in [2.24, 2.45) is 5.73 Å². The van der Waals surface area contributed by atoms with Crippen LogP contribution in [0.3, 0.4) is 0 Å². The maximum Gasteiger partial charge on any atom is 0.223 e. The minimum Gasteiger partial charge on any atom is -0.484 e. The van der Waals surface area contributed by atoms with Crippen molar-refractivity contribution in [3.05, 3.63) is 35.7 Å². The summed E-state index contributed by atoms with van der Waals surface area (Å²) in [4.78, 5) is 8.12. The van der Waals surface area contributed by atoms with Gasteiger partial charge in [0.25, 0.3) is 0 Å². The van der Waals surface area contributed by atoms with Crippen LogP contribution in [0.15, 0.2) is 22.9 Å². The van der Waals surface area contributed by atoms with Crippen LogP contribution in [0.4, 0.5) is 0 Å². The molecule has 0 aliphatic carbocycles. The van der Waals surface area contributed by atoms with Crippen molar-refractivity contribution in [2.45, 2.75) is 20.1 Å². The minimum absolute atomic E-state index is 0.265. The van der Waals surface area contributed by atoms with Gasteiger partial charge in [-0.1, -0.05) is 5.16 Å². The molecular weight excluding hydrogens is 208 g/mol. The van der Waals surface area contributed by atoms with Gasteiger partial charge in [-0.15, -0.1) is 0 Å². The predicted octanol–water partition coefficient (Wildman–Crippen LogP) is 0.811. The molecule has 0 amide bonds. The molecule has 16 heavy (non-hydrogen) atoms. The van der Waals surface area contributed by atoms with Crippen LogP contribution in [0.2, 0.25) is 0 Å². The van der Waals surface area contributed by atoms with Crippen molar-refractivity contribution in [1.82, 2.24) is 15.1 Å². The van der Waals surface area contributed by atoms with Gasteiger partial charge in [0.1, 0.15) is 5.75 Å². The van der Waals surface area contributed by atoms with E-state index in [1.54, 1.807) is 13.1 Å². The fourth-order valence-electron chi connectivity index (χ4n) is 1.16. The first-order valence-electron chi connectivity index (χ1n) is 4.85. The minimum atomic E-state index is 0.265. The Bertz CT molecular complexity index is 452. The molecule has 0 aliphatic rings. The maximum atomic E-state index is 5.43. The molecule has 0 fully saturated rings. The first-order valence-corrected chi connectivity index (χ1v) is 4.85. The van der Waals surface area contributed by atoms with Crippen molar-refractivity contribution in [1.29, 1.82) is 0 Å². The van der Waals surface area contributed by atoms with Gasteiger partial charge in [-0.25, -0.2) is 0 Å². The van der Waals surface area contributed by atoms with E-state index in [9.17, 15) is 0 Å². The first kappa shape index (κ1) is 10.6. The number of nitrogens with two attached hydrogens (primary N) is 1. The molecule has 84 valence electrons. The Balaban J connectivity index is 1.94. The SMILES string of the molecule is Cc1nc(COc2ccc(CN)nc2)no1. The average Bonchev–Trinajstić information content (AvgIpc) is 2.73. The summed E-state index contributed by atoms with van der Waals surface area (Å²) >= 11 is 0. The molecule has 0 aromatic carbocycles. The highest BCUT2D eigenvalue weighted by Gasteiger charge is 2.03. The van der Waals surface area contributed by atoms with Gasteiger partial charge in [0.05, 0.1) is 11.9 Å². The summed E-state index contributed by atoms with van der Waals surface area (Å²) in [6.45, 7) is 2.42. The molecule has 2 N–H and O–H groups in total. The van der Waals surface area contributed by atoms with E-state index in [0.717, 1.165) is 5.69 Å². The molecule has 0 atom stereocenters. The molecule has 2 heterocycles. The summed E-state index contributed by atoms with van der Waals surface area (Å²) in [6, 6.07) is 3.62. The van der Waals surface area contributed by atoms with E-state index >= 15 is 0 Å². The third-order valence-electron chi connectivity index (χ3n) is 1.94. The lowest BCUT2D eigenvalue weighted by Gasteiger charge is -2.02. The maximum absolute atomic E-state index is 5.43. The second kappa shape index (κ2) is 4.71. The third kappa shape index (κ3) is 2.54. The van der Waals surface area contributed by atoms with Gasteiger partial charge >= 0.3 is 0 Å². The largest absolute Gasteiger partial charge is 0.484 e. The van der Waals surface area contributed by atoms with Gasteiger partial charge in [0, 0.05) is 13.5 Å². The molecule has 0 spiro atoms. The predicted molar refractivity (Wildman–Crippen MR) is 55.5 cm³/mol. The molecule has 6 nitrogen and oxygen atoms in total. The Hall–Kier alpha value is -1.95. The Morgan fingerprint density at radius 3 is 2.88 bits per heavy atom. The highest BCUT2D eigenvalue weighted by atomic mass is 16.5. The first-order chi connectivity index (χ1) is 7.78. The summed E-state index contributed by atoms with van der Waals surface area (Å²) in [6.07, 6.45) is 1.62. The number of pyridine rings is 1. The second-order valence-electron chi connectivity index (χ2n) is 3.21. The van der Waals surface area contributed by atoms with Crippen molar-refractivity contribution in [2.75, 3.05) is 0 Å². The van der Waals surface area contributed by atoms with Crippen LogP contribution in [0, 0.1) is 6.92 Å². The summed E-state index contributed by atoms with van der Waals surface area (Å²) in [5, 5.41) is 3.71. The van der Waals surface area contributed by atoms with E-state index in [-0.39, 0.29) is 6.61 Å². The molecule has 0 bridgehead atoms. The lowest BCUT2D eigenvalue weighted by molar-refractivity contribution is 0.284. The van der Waals surface area contributed by atoms with Gasteiger partial charge in [-0.3, -0.25) is 4.98 Å². The van der Waals surface area contributed by atoms with Crippen molar-refractivity contribution < 1.29 is 9.26 Å². The summed E-state index contributed by atoms with van der Waals surface area (Å²) in [7, 11) is 0. The quantitative estimate of drug-likeness (QED) is 0.820. The molecule has 0 radical (unpaired) electrons. The van der Waals surface area contributed by atoms with Gasteiger partial charge < -0.3 is 15.0 Å². The van der Waals surface area contributed by atoms with Crippen molar-refractivity contribution in [3.63, 3.8) is 0 Å². The number of nitrogens with zero attached hydrogens (tertiary/aromatic N) is 3. The van der Waals surface area contributed by atoms with Gasteiger partial charge in [-0.05, 0) is 12.1 Å². The monoisotopic (exact) mass is 220 g/mol. The summed E-state index contributed by atoms with van der Waals surface area (Å²) < 4.78 is 10.2. The van der Waals surface area contributed by atoms with Crippen molar-refractivity contribution in [3.8, 4) is 5.75 Å². The second-order valence-corrected chi connectivity index (χ2v) is 3.21. The molecule has 0 unspecified atom stereocenters. The zero-order valence-corrected chi connectivity index (χ0v) is 8.88. The lowest BCUT2D eigenvalue weighted by atomic mass is 10.3. The van der Waals surface area contributed by atoms with E-state index in [0.29, 0.717) is 24.0 Å². The smallest absolute Gasteiger partial charge is 0.223 e. The van der Waals surface area contributed by atoms with Crippen molar-refractivity contribution >= 4 is 0 Å². The fraction of sp³-hybridized carbons (Fsp3) is 0.300. The van der Waals surface area contributed by atoms with E-state index < -0.39 is 0 Å². The Labute approximate surface area is 92.4 Å². The Morgan fingerprint density at radius 2 is 2.31 bits per heavy atom. The summed E-state index contributed by atoms with van der Waals surface area (Å²) in [5.74, 6) is 1.69. The standard InChI is InChI=1S/C10H12N4O2/c1-7-13-10(14-16-7)6-15-9-3-2-8(4-11)12-5-9/h2-3,5H,4,6,11H2,1H3. The van der Waals surface area contributed by atoms with E-state index in [4.69, 9.17) is 15.0 Å². The molecular formula is C10H12N4O2. The number of hydrogen-bond donors (Lipinski definition) is 1.